The van der Waals surface area contributed by atoms with E-state index in [1.165, 1.54) is 0 Å². The van der Waals surface area contributed by atoms with Crippen molar-refractivity contribution >= 4 is 5.97 Å². The number of carbonyl (C=O) groups is 1. The van der Waals surface area contributed by atoms with Crippen molar-refractivity contribution in [2.24, 2.45) is 0 Å². The van der Waals surface area contributed by atoms with E-state index in [0.717, 1.165) is 11.1 Å². The number of phenols is 1. The first-order valence-corrected chi connectivity index (χ1v) is 9.09. The summed E-state index contributed by atoms with van der Waals surface area (Å²) in [5, 5.41) is 26.5. The summed E-state index contributed by atoms with van der Waals surface area (Å²) >= 11 is 0. The highest BCUT2D eigenvalue weighted by atomic mass is 16.5. The smallest absolute Gasteiger partial charge is 0.310 e. The number of hydrogen-bond donors (Lipinski definition) is 3. The topological polar surface area (TPSA) is 105 Å². The van der Waals surface area contributed by atoms with E-state index in [2.05, 4.69) is 0 Å². The van der Waals surface area contributed by atoms with Crippen molar-refractivity contribution in [2.75, 3.05) is 39.6 Å². The summed E-state index contributed by atoms with van der Waals surface area (Å²) in [6, 6.07) is 3.41. The van der Waals surface area contributed by atoms with Crippen LogP contribution in [0.1, 0.15) is 45.2 Å². The molecule has 0 amide bonds. The first-order valence-electron chi connectivity index (χ1n) is 9.09. The lowest BCUT2D eigenvalue weighted by atomic mass is 9.85. The Labute approximate surface area is 161 Å². The van der Waals surface area contributed by atoms with Crippen LogP contribution in [0.2, 0.25) is 0 Å². The van der Waals surface area contributed by atoms with Crippen molar-refractivity contribution in [1.82, 2.24) is 0 Å². The van der Waals surface area contributed by atoms with Gasteiger partial charge < -0.3 is 29.5 Å². The van der Waals surface area contributed by atoms with Crippen LogP contribution in [0.3, 0.4) is 0 Å². The molecule has 3 N–H and O–H groups in total. The molecule has 0 spiro atoms. The van der Waals surface area contributed by atoms with E-state index in [0.29, 0.717) is 38.6 Å². The second-order valence-corrected chi connectivity index (χ2v) is 6.89. The van der Waals surface area contributed by atoms with Gasteiger partial charge in [0.15, 0.2) is 0 Å². The van der Waals surface area contributed by atoms with Gasteiger partial charge in [0.2, 0.25) is 0 Å². The van der Waals surface area contributed by atoms with Gasteiger partial charge in [-0.05, 0) is 30.0 Å². The number of aryl methyl sites for hydroxylation is 1. The van der Waals surface area contributed by atoms with Crippen molar-refractivity contribution in [2.45, 2.75) is 46.5 Å². The van der Waals surface area contributed by atoms with Crippen LogP contribution in [0.15, 0.2) is 12.1 Å². The Kier molecular flexibility index (Phi) is 12.7. The highest BCUT2D eigenvalue weighted by Crippen LogP contribution is 2.36. The van der Waals surface area contributed by atoms with Crippen molar-refractivity contribution in [3.63, 3.8) is 0 Å². The van der Waals surface area contributed by atoms with Gasteiger partial charge in [-0.15, -0.1) is 0 Å². The predicted molar refractivity (Wildman–Crippen MR) is 103 cm³/mol. The van der Waals surface area contributed by atoms with E-state index in [9.17, 15) is 9.90 Å². The largest absolute Gasteiger partial charge is 0.507 e. The van der Waals surface area contributed by atoms with E-state index in [1.807, 2.05) is 20.8 Å². The minimum atomic E-state index is -0.269. The zero-order valence-corrected chi connectivity index (χ0v) is 17.1. The van der Waals surface area contributed by atoms with Crippen LogP contribution in [0, 0.1) is 6.92 Å². The molecule has 0 atom stereocenters. The molecule has 156 valence electrons. The average molecular weight is 386 g/mol. The predicted octanol–water partition coefficient (Wildman–Crippen LogP) is 2.32. The fourth-order valence-corrected chi connectivity index (χ4v) is 2.03. The number of ether oxygens (including phenoxy) is 3. The minimum Gasteiger partial charge on any atom is -0.507 e. The molecule has 1 aromatic carbocycles. The highest BCUT2D eigenvalue weighted by molar-refractivity contribution is 5.72. The standard InChI is InChI=1S/C14H20O3.C6H14O4/c1-6-12(15)17-10-7-9(2)13(16)11(8-10)14(3,4)5;7-1-3-9-5-6-10-4-2-8/h7-8,16H,6H2,1-5H3;7-8H,1-6H2. The molecule has 1 aromatic rings. The maximum Gasteiger partial charge on any atom is 0.310 e. The molecule has 0 aliphatic heterocycles. The van der Waals surface area contributed by atoms with E-state index in [1.54, 1.807) is 26.0 Å². The van der Waals surface area contributed by atoms with E-state index in [4.69, 9.17) is 24.4 Å². The summed E-state index contributed by atoms with van der Waals surface area (Å²) in [4.78, 5) is 11.3. The van der Waals surface area contributed by atoms with E-state index in [-0.39, 0.29) is 30.3 Å². The van der Waals surface area contributed by atoms with Crippen molar-refractivity contribution in [3.8, 4) is 11.5 Å². The fraction of sp³-hybridized carbons (Fsp3) is 0.650. The second kappa shape index (κ2) is 13.5. The Balaban J connectivity index is 0.000000580. The third-order valence-electron chi connectivity index (χ3n) is 3.45. The van der Waals surface area contributed by atoms with Gasteiger partial charge in [0.05, 0.1) is 39.6 Å². The summed E-state index contributed by atoms with van der Waals surface area (Å²) in [5.74, 6) is 0.501. The molecule has 7 heteroatoms. The summed E-state index contributed by atoms with van der Waals surface area (Å²) in [5.41, 5.74) is 1.32. The van der Waals surface area contributed by atoms with Gasteiger partial charge >= 0.3 is 5.97 Å². The van der Waals surface area contributed by atoms with Crippen LogP contribution in [0.25, 0.3) is 0 Å². The average Bonchev–Trinajstić information content (AvgIpc) is 2.60. The van der Waals surface area contributed by atoms with Crippen LogP contribution in [-0.2, 0) is 19.7 Å². The second-order valence-electron chi connectivity index (χ2n) is 6.89. The van der Waals surface area contributed by atoms with Gasteiger partial charge in [0.25, 0.3) is 0 Å². The number of aliphatic hydroxyl groups excluding tert-OH is 2. The van der Waals surface area contributed by atoms with Gasteiger partial charge in [0.1, 0.15) is 11.5 Å². The monoisotopic (exact) mass is 386 g/mol. The third-order valence-corrected chi connectivity index (χ3v) is 3.45. The van der Waals surface area contributed by atoms with Crippen LogP contribution >= 0.6 is 0 Å². The third kappa shape index (κ3) is 10.9. The van der Waals surface area contributed by atoms with Crippen molar-refractivity contribution in [3.05, 3.63) is 23.3 Å². The van der Waals surface area contributed by atoms with E-state index >= 15 is 0 Å². The van der Waals surface area contributed by atoms with Gasteiger partial charge in [-0.3, -0.25) is 4.79 Å². The fourth-order valence-electron chi connectivity index (χ4n) is 2.03. The number of carbonyl (C=O) groups excluding carboxylic acids is 1. The van der Waals surface area contributed by atoms with Crippen LogP contribution in [0.5, 0.6) is 11.5 Å². The Morgan fingerprint density at radius 3 is 1.93 bits per heavy atom. The lowest BCUT2D eigenvalue weighted by Crippen LogP contribution is -2.13. The zero-order chi connectivity index (χ0) is 20.9. The number of aromatic hydroxyl groups is 1. The summed E-state index contributed by atoms with van der Waals surface area (Å²) in [6.07, 6.45) is 0.338. The summed E-state index contributed by atoms with van der Waals surface area (Å²) in [7, 11) is 0. The first-order chi connectivity index (χ1) is 12.7. The number of benzene rings is 1. The number of rotatable bonds is 9. The summed E-state index contributed by atoms with van der Waals surface area (Å²) < 4.78 is 14.9. The molecule has 0 fully saturated rings. The van der Waals surface area contributed by atoms with Crippen molar-refractivity contribution < 1.29 is 34.3 Å². The maximum absolute atomic E-state index is 11.3. The molecule has 0 saturated heterocycles. The van der Waals surface area contributed by atoms with Gasteiger partial charge in [-0.25, -0.2) is 0 Å². The maximum atomic E-state index is 11.3. The molecule has 0 radical (unpaired) electrons. The molecule has 0 aliphatic rings. The number of hydrogen-bond acceptors (Lipinski definition) is 7. The molecule has 0 bridgehead atoms. The molecule has 27 heavy (non-hydrogen) atoms. The van der Waals surface area contributed by atoms with Gasteiger partial charge in [0, 0.05) is 12.0 Å². The SMILES string of the molecule is CCC(=O)Oc1cc(C)c(O)c(C(C)(C)C)c1.OCCOCCOCCO. The molecule has 0 unspecified atom stereocenters. The first kappa shape index (κ1) is 25.3. The molecule has 0 heterocycles. The molecule has 7 nitrogen and oxygen atoms in total. The highest BCUT2D eigenvalue weighted by Gasteiger charge is 2.21. The Bertz CT molecular complexity index is 542. The molecular weight excluding hydrogens is 352 g/mol. The van der Waals surface area contributed by atoms with E-state index < -0.39 is 0 Å². The van der Waals surface area contributed by atoms with Crippen molar-refractivity contribution in [1.29, 1.82) is 0 Å². The minimum absolute atomic E-state index is 0.0417. The Morgan fingerprint density at radius 1 is 1.00 bits per heavy atom. The lowest BCUT2D eigenvalue weighted by Gasteiger charge is -2.22. The quantitative estimate of drug-likeness (QED) is 0.340. The van der Waals surface area contributed by atoms with Crippen LogP contribution in [-0.4, -0.2) is 60.9 Å². The molecule has 0 saturated carbocycles. The molecular formula is C20H34O7. The molecule has 1 rings (SSSR count). The van der Waals surface area contributed by atoms with Gasteiger partial charge in [-0.1, -0.05) is 27.7 Å². The number of phenolic OH excluding ortho intramolecular Hbond substituents is 1. The normalized spacial score (nSPS) is 10.9. The molecule has 0 aromatic heterocycles. The zero-order valence-electron chi connectivity index (χ0n) is 17.1. The number of esters is 1. The van der Waals surface area contributed by atoms with Crippen LogP contribution < -0.4 is 4.74 Å². The Hall–Kier alpha value is -1.67. The Morgan fingerprint density at radius 2 is 1.52 bits per heavy atom. The van der Waals surface area contributed by atoms with Gasteiger partial charge in [-0.2, -0.15) is 0 Å². The van der Waals surface area contributed by atoms with Crippen LogP contribution in [0.4, 0.5) is 0 Å². The number of aliphatic hydroxyl groups is 2. The summed E-state index contributed by atoms with van der Waals surface area (Å²) in [6.45, 7) is 11.3. The lowest BCUT2D eigenvalue weighted by molar-refractivity contribution is -0.134. The molecule has 0 aliphatic carbocycles.